The highest BCUT2D eigenvalue weighted by Gasteiger charge is 2.25. The highest BCUT2D eigenvalue weighted by Crippen LogP contribution is 2.35. The summed E-state index contributed by atoms with van der Waals surface area (Å²) in [6.45, 7) is 1.07. The van der Waals surface area contributed by atoms with Crippen molar-refractivity contribution in [3.05, 3.63) is 90.1 Å². The number of aromatic nitrogens is 1. The van der Waals surface area contributed by atoms with Gasteiger partial charge in [-0.05, 0) is 23.8 Å². The molecular weight excluding hydrogens is 364 g/mol. The van der Waals surface area contributed by atoms with Crippen LogP contribution in [-0.4, -0.2) is 24.0 Å². The Morgan fingerprint density at radius 3 is 2.52 bits per heavy atom. The summed E-state index contributed by atoms with van der Waals surface area (Å²) < 4.78 is 11.3. The van der Waals surface area contributed by atoms with Crippen LogP contribution < -0.4 is 14.8 Å². The fourth-order valence-electron chi connectivity index (χ4n) is 3.68. The van der Waals surface area contributed by atoms with E-state index in [1.54, 1.807) is 6.20 Å². The molecule has 0 fully saturated rings. The van der Waals surface area contributed by atoms with Gasteiger partial charge < -0.3 is 19.8 Å². The summed E-state index contributed by atoms with van der Waals surface area (Å²) in [6, 6.07) is 22.7. The molecule has 4 aromatic rings. The van der Waals surface area contributed by atoms with Crippen LogP contribution in [0.2, 0.25) is 0 Å². The largest absolute Gasteiger partial charge is 0.486 e. The normalized spacial score (nSPS) is 13.8. The first-order valence-electron chi connectivity index (χ1n) is 9.61. The summed E-state index contributed by atoms with van der Waals surface area (Å²) in [7, 11) is 0. The molecule has 2 N–H and O–H groups in total. The summed E-state index contributed by atoms with van der Waals surface area (Å²) in [5.74, 6) is 1.41. The second-order valence-electron chi connectivity index (χ2n) is 6.96. The number of H-pyrrole nitrogens is 1. The Morgan fingerprint density at radius 2 is 1.66 bits per heavy atom. The van der Waals surface area contributed by atoms with Crippen molar-refractivity contribution in [3.63, 3.8) is 0 Å². The van der Waals surface area contributed by atoms with Crippen LogP contribution in [0, 0.1) is 0 Å². The number of fused-ring (bicyclic) bond motifs is 2. The maximum Gasteiger partial charge on any atom is 0.191 e. The second kappa shape index (κ2) is 7.36. The number of carbonyl (C=O) groups excluding carboxylic acids is 1. The van der Waals surface area contributed by atoms with Crippen LogP contribution in [0.5, 0.6) is 11.5 Å². The lowest BCUT2D eigenvalue weighted by Crippen LogP contribution is -2.21. The van der Waals surface area contributed by atoms with Gasteiger partial charge in [-0.15, -0.1) is 0 Å². The van der Waals surface area contributed by atoms with E-state index in [-0.39, 0.29) is 5.78 Å². The van der Waals surface area contributed by atoms with Crippen LogP contribution in [0.3, 0.4) is 0 Å². The van der Waals surface area contributed by atoms with Crippen LogP contribution in [-0.2, 0) is 0 Å². The second-order valence-corrected chi connectivity index (χ2v) is 6.96. The third-order valence-corrected chi connectivity index (χ3v) is 5.10. The van der Waals surface area contributed by atoms with Crippen LogP contribution in [0.1, 0.15) is 22.0 Å². The third kappa shape index (κ3) is 3.31. The molecule has 0 amide bonds. The van der Waals surface area contributed by atoms with Gasteiger partial charge in [0.15, 0.2) is 17.3 Å². The molecule has 5 nitrogen and oxygen atoms in total. The van der Waals surface area contributed by atoms with Crippen molar-refractivity contribution in [2.24, 2.45) is 0 Å². The lowest BCUT2D eigenvalue weighted by atomic mass is 9.96. The summed E-state index contributed by atoms with van der Waals surface area (Å²) >= 11 is 0. The molecule has 0 spiro atoms. The molecule has 144 valence electrons. The van der Waals surface area contributed by atoms with Gasteiger partial charge in [-0.1, -0.05) is 48.5 Å². The standard InChI is InChI=1S/C24H20N2O3/c27-24(19-15-25-20-9-5-4-8-18(19)20)23(16-6-2-1-3-7-16)26-17-10-11-21-22(14-17)29-13-12-28-21/h1-11,14-15,23,25-26H,12-13H2/t23-/m1/s1. The van der Waals surface area contributed by atoms with Gasteiger partial charge in [0.25, 0.3) is 0 Å². The maximum absolute atomic E-state index is 13.6. The minimum absolute atomic E-state index is 0.00328. The summed E-state index contributed by atoms with van der Waals surface area (Å²) in [4.78, 5) is 16.8. The Hall–Kier alpha value is -3.73. The Bertz CT molecular complexity index is 1170. The van der Waals surface area contributed by atoms with E-state index in [1.165, 1.54) is 0 Å². The lowest BCUT2D eigenvalue weighted by Gasteiger charge is -2.22. The zero-order valence-electron chi connectivity index (χ0n) is 15.7. The number of para-hydroxylation sites is 1. The number of aromatic amines is 1. The predicted octanol–water partition coefficient (Wildman–Crippen LogP) is 4.98. The summed E-state index contributed by atoms with van der Waals surface area (Å²) in [5.41, 5.74) is 3.32. The first-order valence-corrected chi connectivity index (χ1v) is 9.61. The van der Waals surface area contributed by atoms with E-state index in [1.807, 2.05) is 72.8 Å². The molecule has 1 aromatic heterocycles. The van der Waals surface area contributed by atoms with Crippen molar-refractivity contribution in [1.82, 2.24) is 4.98 Å². The summed E-state index contributed by atoms with van der Waals surface area (Å²) in [6.07, 6.45) is 1.79. The number of ketones is 1. The van der Waals surface area contributed by atoms with E-state index >= 15 is 0 Å². The Morgan fingerprint density at radius 1 is 0.897 bits per heavy atom. The number of benzene rings is 3. The first-order chi connectivity index (χ1) is 14.3. The molecule has 1 atom stereocenters. The molecule has 0 saturated heterocycles. The zero-order valence-corrected chi connectivity index (χ0v) is 15.7. The Labute approximate surface area is 168 Å². The number of hydrogen-bond acceptors (Lipinski definition) is 4. The number of Topliss-reactive ketones (excluding diaryl/α,β-unsaturated/α-hetero) is 1. The van der Waals surface area contributed by atoms with E-state index in [4.69, 9.17) is 9.47 Å². The van der Waals surface area contributed by atoms with E-state index in [2.05, 4.69) is 10.3 Å². The van der Waals surface area contributed by atoms with Crippen LogP contribution in [0.15, 0.2) is 79.0 Å². The average molecular weight is 384 g/mol. The van der Waals surface area contributed by atoms with Crippen molar-refractivity contribution in [2.45, 2.75) is 6.04 Å². The minimum atomic E-state index is -0.530. The highest BCUT2D eigenvalue weighted by molar-refractivity contribution is 6.11. The monoisotopic (exact) mass is 384 g/mol. The zero-order chi connectivity index (χ0) is 19.6. The number of carbonyl (C=O) groups is 1. The van der Waals surface area contributed by atoms with Crippen molar-refractivity contribution in [3.8, 4) is 11.5 Å². The number of hydrogen-bond donors (Lipinski definition) is 2. The van der Waals surface area contributed by atoms with Gasteiger partial charge in [0.2, 0.25) is 0 Å². The number of nitrogens with one attached hydrogen (secondary N) is 2. The molecule has 0 saturated carbocycles. The van der Waals surface area contributed by atoms with Gasteiger partial charge in [-0.2, -0.15) is 0 Å². The smallest absolute Gasteiger partial charge is 0.191 e. The summed E-state index contributed by atoms with van der Waals surface area (Å²) in [5, 5.41) is 4.32. The molecular formula is C24H20N2O3. The van der Waals surface area contributed by atoms with Gasteiger partial charge in [0.1, 0.15) is 19.3 Å². The number of rotatable bonds is 5. The molecule has 0 aliphatic carbocycles. The quantitative estimate of drug-likeness (QED) is 0.477. The molecule has 1 aliphatic heterocycles. The van der Waals surface area contributed by atoms with E-state index in [9.17, 15) is 4.79 Å². The predicted molar refractivity (Wildman–Crippen MR) is 113 cm³/mol. The highest BCUT2D eigenvalue weighted by atomic mass is 16.6. The number of anilines is 1. The molecule has 3 aromatic carbocycles. The molecule has 0 radical (unpaired) electrons. The van der Waals surface area contributed by atoms with Crippen molar-refractivity contribution in [2.75, 3.05) is 18.5 Å². The lowest BCUT2D eigenvalue weighted by molar-refractivity contribution is 0.0971. The molecule has 0 unspecified atom stereocenters. The van der Waals surface area contributed by atoms with E-state index in [0.717, 1.165) is 27.9 Å². The van der Waals surface area contributed by atoms with Crippen LogP contribution in [0.4, 0.5) is 5.69 Å². The van der Waals surface area contributed by atoms with E-state index < -0.39 is 6.04 Å². The Balaban J connectivity index is 1.53. The van der Waals surface area contributed by atoms with Crippen molar-refractivity contribution >= 4 is 22.4 Å². The van der Waals surface area contributed by atoms with E-state index in [0.29, 0.717) is 24.5 Å². The topological polar surface area (TPSA) is 63.4 Å². The third-order valence-electron chi connectivity index (χ3n) is 5.10. The van der Waals surface area contributed by atoms with Crippen LogP contribution >= 0.6 is 0 Å². The SMILES string of the molecule is O=C(c1c[nH]c2ccccc12)[C@H](Nc1ccc2c(c1)OCCO2)c1ccccc1. The number of ether oxygens (including phenoxy) is 2. The molecule has 29 heavy (non-hydrogen) atoms. The molecule has 1 aliphatic rings. The Kier molecular flexibility index (Phi) is 4.41. The fraction of sp³-hybridized carbons (Fsp3) is 0.125. The average Bonchev–Trinajstić information content (AvgIpc) is 3.22. The molecule has 5 heteroatoms. The minimum Gasteiger partial charge on any atom is -0.486 e. The van der Waals surface area contributed by atoms with Crippen LogP contribution in [0.25, 0.3) is 10.9 Å². The maximum atomic E-state index is 13.6. The van der Waals surface area contributed by atoms with Gasteiger partial charge in [-0.3, -0.25) is 4.79 Å². The van der Waals surface area contributed by atoms with Gasteiger partial charge in [0, 0.05) is 34.4 Å². The molecule has 5 rings (SSSR count). The fourth-order valence-corrected chi connectivity index (χ4v) is 3.68. The van der Waals surface area contributed by atoms with Crippen molar-refractivity contribution < 1.29 is 14.3 Å². The van der Waals surface area contributed by atoms with Gasteiger partial charge >= 0.3 is 0 Å². The van der Waals surface area contributed by atoms with Gasteiger partial charge in [0.05, 0.1) is 0 Å². The molecule has 2 heterocycles. The molecule has 0 bridgehead atoms. The first kappa shape index (κ1) is 17.4. The van der Waals surface area contributed by atoms with Gasteiger partial charge in [-0.25, -0.2) is 0 Å². The van der Waals surface area contributed by atoms with Crippen molar-refractivity contribution in [1.29, 1.82) is 0 Å².